The summed E-state index contributed by atoms with van der Waals surface area (Å²) < 4.78 is 26.7. The van der Waals surface area contributed by atoms with Crippen molar-refractivity contribution in [3.8, 4) is 5.69 Å². The van der Waals surface area contributed by atoms with E-state index in [-0.39, 0.29) is 5.82 Å². The van der Waals surface area contributed by atoms with Gasteiger partial charge in [-0.25, -0.2) is 8.42 Å². The molecule has 0 atom stereocenters. The van der Waals surface area contributed by atoms with Gasteiger partial charge in [-0.1, -0.05) is 30.3 Å². The van der Waals surface area contributed by atoms with E-state index in [1.54, 1.807) is 24.3 Å². The van der Waals surface area contributed by atoms with Gasteiger partial charge in [0.15, 0.2) is 0 Å². The summed E-state index contributed by atoms with van der Waals surface area (Å²) >= 11 is 0. The Hall–Kier alpha value is -3.53. The van der Waals surface area contributed by atoms with Crippen LogP contribution in [0, 0.1) is 0 Å². The molecule has 3 rings (SSSR count). The number of carbonyl (C=O) groups is 1. The van der Waals surface area contributed by atoms with Gasteiger partial charge in [-0.05, 0) is 41.1 Å². The third kappa shape index (κ3) is 4.30. The lowest BCUT2D eigenvalue weighted by Crippen LogP contribution is -2.13. The normalized spacial score (nSPS) is 11.5. The number of aromatic nitrogens is 4. The van der Waals surface area contributed by atoms with Gasteiger partial charge in [0.1, 0.15) is 0 Å². The van der Waals surface area contributed by atoms with Gasteiger partial charge in [0, 0.05) is 5.69 Å². The number of nitrogens with zero attached hydrogens (tertiary/aromatic N) is 4. The SMILES string of the molecule is NC(=O)c1nnn(-c2ccc(NS(=O)(=O)C=Cc3ccccc3)cc2)n1. The molecule has 10 heteroatoms. The van der Waals surface area contributed by atoms with Crippen LogP contribution < -0.4 is 10.5 Å². The summed E-state index contributed by atoms with van der Waals surface area (Å²) in [6.45, 7) is 0. The summed E-state index contributed by atoms with van der Waals surface area (Å²) in [6, 6.07) is 15.3. The van der Waals surface area contributed by atoms with Crippen LogP contribution >= 0.6 is 0 Å². The van der Waals surface area contributed by atoms with Crippen molar-refractivity contribution < 1.29 is 13.2 Å². The summed E-state index contributed by atoms with van der Waals surface area (Å²) in [7, 11) is -3.66. The molecule has 0 aliphatic carbocycles. The van der Waals surface area contributed by atoms with E-state index >= 15 is 0 Å². The maximum Gasteiger partial charge on any atom is 0.290 e. The number of nitrogens with two attached hydrogens (primary N) is 1. The van der Waals surface area contributed by atoms with Crippen molar-refractivity contribution in [2.45, 2.75) is 0 Å². The second kappa shape index (κ2) is 7.15. The van der Waals surface area contributed by atoms with Crippen LogP contribution in [0.1, 0.15) is 16.2 Å². The smallest absolute Gasteiger partial charge is 0.290 e. The van der Waals surface area contributed by atoms with Crippen LogP contribution in [0.15, 0.2) is 60.0 Å². The quantitative estimate of drug-likeness (QED) is 0.669. The number of tetrazole rings is 1. The largest absolute Gasteiger partial charge is 0.363 e. The van der Waals surface area contributed by atoms with Gasteiger partial charge in [-0.2, -0.15) is 0 Å². The Morgan fingerprint density at radius 1 is 1.08 bits per heavy atom. The van der Waals surface area contributed by atoms with Gasteiger partial charge < -0.3 is 5.73 Å². The maximum absolute atomic E-state index is 12.1. The highest BCUT2D eigenvalue weighted by Crippen LogP contribution is 2.14. The lowest BCUT2D eigenvalue weighted by molar-refractivity contribution is 0.0990. The molecule has 0 saturated heterocycles. The van der Waals surface area contributed by atoms with Crippen LogP contribution in [0.25, 0.3) is 11.8 Å². The molecule has 26 heavy (non-hydrogen) atoms. The maximum atomic E-state index is 12.1. The van der Waals surface area contributed by atoms with E-state index in [1.807, 2.05) is 18.2 Å². The molecule has 0 aliphatic rings. The molecule has 0 saturated carbocycles. The Morgan fingerprint density at radius 2 is 1.77 bits per heavy atom. The van der Waals surface area contributed by atoms with Crippen LogP contribution in [-0.2, 0) is 10.0 Å². The number of amides is 1. The van der Waals surface area contributed by atoms with Gasteiger partial charge in [0.25, 0.3) is 21.8 Å². The molecule has 2 aromatic carbocycles. The number of sulfonamides is 1. The van der Waals surface area contributed by atoms with E-state index in [0.717, 1.165) is 15.8 Å². The molecule has 0 unspecified atom stereocenters. The Kier molecular flexibility index (Phi) is 4.76. The minimum absolute atomic E-state index is 0.208. The molecule has 1 aromatic heterocycles. The van der Waals surface area contributed by atoms with Crippen molar-refractivity contribution in [2.75, 3.05) is 4.72 Å². The van der Waals surface area contributed by atoms with Crippen LogP contribution in [0.4, 0.5) is 5.69 Å². The van der Waals surface area contributed by atoms with E-state index < -0.39 is 15.9 Å². The summed E-state index contributed by atoms with van der Waals surface area (Å²) in [5.74, 6) is -0.994. The van der Waals surface area contributed by atoms with Crippen molar-refractivity contribution in [3.63, 3.8) is 0 Å². The number of benzene rings is 2. The van der Waals surface area contributed by atoms with Gasteiger partial charge in [0.05, 0.1) is 11.1 Å². The fourth-order valence-electron chi connectivity index (χ4n) is 2.02. The van der Waals surface area contributed by atoms with Gasteiger partial charge >= 0.3 is 0 Å². The first-order valence-electron chi connectivity index (χ1n) is 7.39. The number of rotatable bonds is 6. The molecular weight excluding hydrogens is 356 g/mol. The molecule has 0 radical (unpaired) electrons. The van der Waals surface area contributed by atoms with Gasteiger partial charge in [-0.15, -0.1) is 15.0 Å². The third-order valence-corrected chi connectivity index (χ3v) is 4.25. The van der Waals surface area contributed by atoms with E-state index in [1.165, 1.54) is 18.2 Å². The number of anilines is 1. The minimum Gasteiger partial charge on any atom is -0.363 e. The highest BCUT2D eigenvalue weighted by molar-refractivity contribution is 7.95. The van der Waals surface area contributed by atoms with Crippen LogP contribution in [-0.4, -0.2) is 34.5 Å². The minimum atomic E-state index is -3.66. The molecule has 3 aromatic rings. The Labute approximate surface area is 149 Å². The summed E-state index contributed by atoms with van der Waals surface area (Å²) in [4.78, 5) is 12.1. The average molecular weight is 370 g/mol. The van der Waals surface area contributed by atoms with Crippen molar-refractivity contribution in [2.24, 2.45) is 5.73 Å². The third-order valence-electron chi connectivity index (χ3n) is 3.23. The van der Waals surface area contributed by atoms with Crippen LogP contribution in [0.5, 0.6) is 0 Å². The van der Waals surface area contributed by atoms with Crippen LogP contribution in [0.2, 0.25) is 0 Å². The average Bonchev–Trinajstić information content (AvgIpc) is 3.12. The predicted molar refractivity (Wildman–Crippen MR) is 95.7 cm³/mol. The Morgan fingerprint density at radius 3 is 2.38 bits per heavy atom. The molecule has 0 spiro atoms. The second-order valence-corrected chi connectivity index (χ2v) is 6.74. The lowest BCUT2D eigenvalue weighted by atomic mass is 10.2. The van der Waals surface area contributed by atoms with Crippen molar-refractivity contribution in [3.05, 3.63) is 71.4 Å². The highest BCUT2D eigenvalue weighted by atomic mass is 32.2. The monoisotopic (exact) mass is 370 g/mol. The zero-order valence-corrected chi connectivity index (χ0v) is 14.2. The lowest BCUT2D eigenvalue weighted by Gasteiger charge is -2.05. The summed E-state index contributed by atoms with van der Waals surface area (Å²) in [5, 5.41) is 12.1. The predicted octanol–water partition coefficient (Wildman–Crippen LogP) is 1.17. The molecular formula is C16H14N6O3S. The topological polar surface area (TPSA) is 133 Å². The van der Waals surface area contributed by atoms with Gasteiger partial charge in [0.2, 0.25) is 0 Å². The fourth-order valence-corrected chi connectivity index (χ4v) is 2.88. The van der Waals surface area contributed by atoms with E-state index in [2.05, 4.69) is 20.1 Å². The molecule has 1 amide bonds. The first-order valence-corrected chi connectivity index (χ1v) is 8.94. The highest BCUT2D eigenvalue weighted by Gasteiger charge is 2.10. The Bertz CT molecular complexity index is 1040. The Balaban J connectivity index is 1.72. The van der Waals surface area contributed by atoms with Crippen molar-refractivity contribution in [1.29, 1.82) is 0 Å². The number of nitrogens with one attached hydrogen (secondary N) is 1. The fraction of sp³-hybridized carbons (Fsp3) is 0. The molecule has 3 N–H and O–H groups in total. The molecule has 0 bridgehead atoms. The summed E-state index contributed by atoms with van der Waals surface area (Å²) in [6.07, 6.45) is 1.50. The molecule has 132 valence electrons. The van der Waals surface area contributed by atoms with Gasteiger partial charge in [-0.3, -0.25) is 9.52 Å². The summed E-state index contributed by atoms with van der Waals surface area (Å²) in [5.41, 5.74) is 6.70. The van der Waals surface area contributed by atoms with E-state index in [0.29, 0.717) is 11.4 Å². The zero-order valence-electron chi connectivity index (χ0n) is 13.4. The molecule has 9 nitrogen and oxygen atoms in total. The zero-order chi connectivity index (χ0) is 18.6. The number of carbonyl (C=O) groups excluding carboxylic acids is 1. The molecule has 1 heterocycles. The van der Waals surface area contributed by atoms with E-state index in [9.17, 15) is 13.2 Å². The van der Waals surface area contributed by atoms with Crippen molar-refractivity contribution >= 4 is 27.7 Å². The number of hydrogen-bond donors (Lipinski definition) is 2. The standard InChI is InChI=1S/C16H14N6O3S/c17-15(23)16-18-21-22(19-16)14-8-6-13(7-9-14)20-26(24,25)11-10-12-4-2-1-3-5-12/h1-11,20H,(H2,17,23). The second-order valence-electron chi connectivity index (χ2n) is 5.17. The molecule has 0 aliphatic heterocycles. The molecule has 0 fully saturated rings. The number of hydrogen-bond acceptors (Lipinski definition) is 6. The number of primary amides is 1. The first-order chi connectivity index (χ1) is 12.4. The van der Waals surface area contributed by atoms with E-state index in [4.69, 9.17) is 5.73 Å². The van der Waals surface area contributed by atoms with Crippen molar-refractivity contribution in [1.82, 2.24) is 20.2 Å². The first kappa shape index (κ1) is 17.3. The van der Waals surface area contributed by atoms with Crippen LogP contribution in [0.3, 0.4) is 0 Å².